The van der Waals surface area contributed by atoms with Crippen LogP contribution < -0.4 is 10.1 Å². The lowest BCUT2D eigenvalue weighted by atomic mass is 10.1. The highest BCUT2D eigenvalue weighted by Crippen LogP contribution is 2.19. The SMILES string of the molecule is CCc1ccc(NC(=O)Cn2nnc(-c3cccc(OC)c3)n2)cc1. The van der Waals surface area contributed by atoms with E-state index in [1.54, 1.807) is 7.11 Å². The molecule has 0 aliphatic heterocycles. The van der Waals surface area contributed by atoms with Gasteiger partial charge < -0.3 is 10.1 Å². The second-order valence-corrected chi connectivity index (χ2v) is 5.47. The average Bonchev–Trinajstić information content (AvgIpc) is 3.10. The van der Waals surface area contributed by atoms with Crippen LogP contribution in [0.4, 0.5) is 5.69 Å². The molecule has 0 aliphatic rings. The van der Waals surface area contributed by atoms with Crippen LogP contribution in [0.5, 0.6) is 5.75 Å². The number of carbonyl (C=O) groups is 1. The summed E-state index contributed by atoms with van der Waals surface area (Å²) in [5.41, 5.74) is 2.75. The van der Waals surface area contributed by atoms with Crippen molar-refractivity contribution in [3.05, 3.63) is 54.1 Å². The number of ether oxygens (including phenoxy) is 1. The fourth-order valence-corrected chi connectivity index (χ4v) is 2.34. The van der Waals surface area contributed by atoms with E-state index < -0.39 is 0 Å². The van der Waals surface area contributed by atoms with Gasteiger partial charge in [-0.15, -0.1) is 10.2 Å². The van der Waals surface area contributed by atoms with Crippen molar-refractivity contribution in [2.75, 3.05) is 12.4 Å². The Morgan fingerprint density at radius 2 is 2.00 bits per heavy atom. The lowest BCUT2D eigenvalue weighted by Crippen LogP contribution is -2.20. The van der Waals surface area contributed by atoms with Gasteiger partial charge in [-0.25, -0.2) is 0 Å². The summed E-state index contributed by atoms with van der Waals surface area (Å²) in [5.74, 6) is 0.944. The van der Waals surface area contributed by atoms with Crippen molar-refractivity contribution in [2.45, 2.75) is 19.9 Å². The fraction of sp³-hybridized carbons (Fsp3) is 0.222. The van der Waals surface area contributed by atoms with Crippen molar-refractivity contribution >= 4 is 11.6 Å². The van der Waals surface area contributed by atoms with Crippen LogP contribution in [0.25, 0.3) is 11.4 Å². The molecule has 128 valence electrons. The Morgan fingerprint density at radius 1 is 1.20 bits per heavy atom. The van der Waals surface area contributed by atoms with E-state index in [2.05, 4.69) is 27.7 Å². The van der Waals surface area contributed by atoms with Crippen LogP contribution >= 0.6 is 0 Å². The molecule has 7 nitrogen and oxygen atoms in total. The van der Waals surface area contributed by atoms with E-state index in [9.17, 15) is 4.79 Å². The molecule has 0 bridgehead atoms. The summed E-state index contributed by atoms with van der Waals surface area (Å²) in [6, 6.07) is 15.1. The first-order valence-corrected chi connectivity index (χ1v) is 7.99. The first-order chi connectivity index (χ1) is 12.2. The number of benzene rings is 2. The van der Waals surface area contributed by atoms with Gasteiger partial charge in [0, 0.05) is 11.3 Å². The Morgan fingerprint density at radius 3 is 2.72 bits per heavy atom. The maximum Gasteiger partial charge on any atom is 0.248 e. The summed E-state index contributed by atoms with van der Waals surface area (Å²) in [6.07, 6.45) is 0.962. The Hall–Kier alpha value is -3.22. The van der Waals surface area contributed by atoms with Crippen LogP contribution in [0.1, 0.15) is 12.5 Å². The highest BCUT2D eigenvalue weighted by molar-refractivity contribution is 5.90. The zero-order chi connectivity index (χ0) is 17.6. The van der Waals surface area contributed by atoms with Crippen LogP contribution in [-0.2, 0) is 17.8 Å². The van der Waals surface area contributed by atoms with Gasteiger partial charge in [0.1, 0.15) is 12.3 Å². The molecule has 25 heavy (non-hydrogen) atoms. The summed E-state index contributed by atoms with van der Waals surface area (Å²) < 4.78 is 5.18. The van der Waals surface area contributed by atoms with Gasteiger partial charge in [0.05, 0.1) is 7.11 Å². The molecule has 0 saturated carbocycles. The smallest absolute Gasteiger partial charge is 0.248 e. The lowest BCUT2D eigenvalue weighted by Gasteiger charge is -2.05. The Bertz CT molecular complexity index is 858. The second kappa shape index (κ2) is 7.57. The number of nitrogens with one attached hydrogen (secondary N) is 1. The molecule has 1 amide bonds. The van der Waals surface area contributed by atoms with Crippen LogP contribution in [0.2, 0.25) is 0 Å². The minimum Gasteiger partial charge on any atom is -0.497 e. The number of aryl methyl sites for hydroxylation is 1. The quantitative estimate of drug-likeness (QED) is 0.747. The van der Waals surface area contributed by atoms with Crippen LogP contribution in [0.15, 0.2) is 48.5 Å². The average molecular weight is 337 g/mol. The van der Waals surface area contributed by atoms with Crippen molar-refractivity contribution in [1.82, 2.24) is 20.2 Å². The molecule has 2 aromatic carbocycles. The number of hydrogen-bond donors (Lipinski definition) is 1. The maximum atomic E-state index is 12.1. The third-order valence-electron chi connectivity index (χ3n) is 3.71. The maximum absolute atomic E-state index is 12.1. The van der Waals surface area contributed by atoms with E-state index in [0.29, 0.717) is 11.6 Å². The van der Waals surface area contributed by atoms with Crippen molar-refractivity contribution < 1.29 is 9.53 Å². The standard InChI is InChI=1S/C18H19N5O2/c1-3-13-7-9-15(10-8-13)19-17(24)12-23-21-18(20-22-23)14-5-4-6-16(11-14)25-2/h4-11H,3,12H2,1-2H3,(H,19,24). The van der Waals surface area contributed by atoms with E-state index in [1.165, 1.54) is 10.4 Å². The number of methoxy groups -OCH3 is 1. The molecule has 0 spiro atoms. The summed E-state index contributed by atoms with van der Waals surface area (Å²) >= 11 is 0. The highest BCUT2D eigenvalue weighted by Gasteiger charge is 2.10. The normalized spacial score (nSPS) is 10.5. The molecular weight excluding hydrogens is 318 g/mol. The number of amides is 1. The molecule has 0 aliphatic carbocycles. The highest BCUT2D eigenvalue weighted by atomic mass is 16.5. The third-order valence-corrected chi connectivity index (χ3v) is 3.71. The second-order valence-electron chi connectivity index (χ2n) is 5.47. The molecule has 3 aromatic rings. The number of aromatic nitrogens is 4. The monoisotopic (exact) mass is 337 g/mol. The predicted octanol–water partition coefficient (Wildman–Crippen LogP) is 2.55. The van der Waals surface area contributed by atoms with E-state index >= 15 is 0 Å². The van der Waals surface area contributed by atoms with E-state index in [-0.39, 0.29) is 12.5 Å². The van der Waals surface area contributed by atoms with Gasteiger partial charge >= 0.3 is 0 Å². The molecule has 1 N–H and O–H groups in total. The lowest BCUT2D eigenvalue weighted by molar-refractivity contribution is -0.117. The molecule has 0 fully saturated rings. The Labute approximate surface area is 145 Å². The summed E-state index contributed by atoms with van der Waals surface area (Å²) in [6.45, 7) is 2.08. The van der Waals surface area contributed by atoms with Crippen molar-refractivity contribution in [2.24, 2.45) is 0 Å². The third kappa shape index (κ3) is 4.20. The summed E-state index contributed by atoms with van der Waals surface area (Å²) in [7, 11) is 1.60. The molecule has 3 rings (SSSR count). The van der Waals surface area contributed by atoms with Gasteiger partial charge in [0.25, 0.3) is 0 Å². The van der Waals surface area contributed by atoms with Gasteiger partial charge in [-0.3, -0.25) is 4.79 Å². The molecular formula is C18H19N5O2. The zero-order valence-corrected chi connectivity index (χ0v) is 14.1. The molecule has 1 aromatic heterocycles. The minimum absolute atomic E-state index is 0.00744. The molecule has 0 saturated heterocycles. The number of nitrogens with zero attached hydrogens (tertiary/aromatic N) is 4. The number of tetrazole rings is 1. The van der Waals surface area contributed by atoms with Crippen LogP contribution in [0.3, 0.4) is 0 Å². The van der Waals surface area contributed by atoms with Crippen molar-refractivity contribution in [3.63, 3.8) is 0 Å². The molecule has 1 heterocycles. The van der Waals surface area contributed by atoms with Crippen LogP contribution in [-0.4, -0.2) is 33.2 Å². The number of rotatable bonds is 6. The van der Waals surface area contributed by atoms with Gasteiger partial charge in [0.15, 0.2) is 0 Å². The fourth-order valence-electron chi connectivity index (χ4n) is 2.34. The predicted molar refractivity (Wildman–Crippen MR) is 94.3 cm³/mol. The molecule has 0 atom stereocenters. The van der Waals surface area contributed by atoms with Crippen molar-refractivity contribution in [1.29, 1.82) is 0 Å². The first-order valence-electron chi connectivity index (χ1n) is 7.99. The number of hydrogen-bond acceptors (Lipinski definition) is 5. The van der Waals surface area contributed by atoms with E-state index in [0.717, 1.165) is 17.7 Å². The number of anilines is 1. The van der Waals surface area contributed by atoms with Crippen LogP contribution in [0, 0.1) is 0 Å². The largest absolute Gasteiger partial charge is 0.497 e. The number of carbonyl (C=O) groups excluding carboxylic acids is 1. The molecule has 0 unspecified atom stereocenters. The topological polar surface area (TPSA) is 81.9 Å². The van der Waals surface area contributed by atoms with E-state index in [4.69, 9.17) is 4.74 Å². The van der Waals surface area contributed by atoms with Crippen molar-refractivity contribution in [3.8, 4) is 17.1 Å². The van der Waals surface area contributed by atoms with Gasteiger partial charge in [-0.2, -0.15) is 4.80 Å². The first kappa shape index (κ1) is 16.6. The van der Waals surface area contributed by atoms with E-state index in [1.807, 2.05) is 48.5 Å². The van der Waals surface area contributed by atoms with Gasteiger partial charge in [-0.1, -0.05) is 31.2 Å². The molecule has 0 radical (unpaired) electrons. The van der Waals surface area contributed by atoms with Gasteiger partial charge in [-0.05, 0) is 41.5 Å². The molecule has 7 heteroatoms. The summed E-state index contributed by atoms with van der Waals surface area (Å²) in [5, 5.41) is 15.0. The Balaban J connectivity index is 1.64. The summed E-state index contributed by atoms with van der Waals surface area (Å²) in [4.78, 5) is 13.4. The zero-order valence-electron chi connectivity index (χ0n) is 14.1. The minimum atomic E-state index is -0.209. The Kier molecular flexibility index (Phi) is 5.03. The van der Waals surface area contributed by atoms with Gasteiger partial charge in [0.2, 0.25) is 11.7 Å².